The normalized spacial score (nSPS) is 44.3. The highest BCUT2D eigenvalue weighted by Gasteiger charge is 2.82. The molecule has 0 radical (unpaired) electrons. The molecule has 26 heavy (non-hydrogen) atoms. The number of halogens is 1. The Hall–Kier alpha value is -1.57. The Bertz CT molecular complexity index is 763. The standard InChI is InChI=1S/C18H22ClNO6/c1-24-10-6-12(22)18(14(10)23)11(19)8-17-15(26-3)13(25-2)9(21)7-16(17,18)4-5-20-17/h6,11,14,20,23H,4-5,7-8H2,1-3H3/t11-,14-,16+,17+,18+/m0/s1. The van der Waals surface area contributed by atoms with Crippen LogP contribution in [0.2, 0.25) is 0 Å². The first kappa shape index (κ1) is 17.8. The number of nitrogens with one attached hydrogen (secondary N) is 1. The van der Waals surface area contributed by atoms with Crippen molar-refractivity contribution in [2.75, 3.05) is 27.9 Å². The van der Waals surface area contributed by atoms with Crippen molar-refractivity contribution in [2.24, 2.45) is 10.8 Å². The molecule has 2 N–H and O–H groups in total. The molecule has 0 unspecified atom stereocenters. The highest BCUT2D eigenvalue weighted by atomic mass is 35.5. The van der Waals surface area contributed by atoms with E-state index in [1.54, 1.807) is 0 Å². The third-order valence-corrected chi connectivity index (χ3v) is 7.40. The molecule has 8 heteroatoms. The molecule has 0 amide bonds. The largest absolute Gasteiger partial charge is 0.498 e. The minimum atomic E-state index is -1.35. The minimum Gasteiger partial charge on any atom is -0.498 e. The van der Waals surface area contributed by atoms with E-state index in [9.17, 15) is 14.7 Å². The van der Waals surface area contributed by atoms with Crippen molar-refractivity contribution in [3.05, 3.63) is 23.4 Å². The second-order valence-electron chi connectivity index (χ2n) is 7.39. The predicted molar refractivity (Wildman–Crippen MR) is 91.2 cm³/mol. The Morgan fingerprint density at radius 2 is 1.96 bits per heavy atom. The molecule has 1 aliphatic heterocycles. The van der Waals surface area contributed by atoms with Gasteiger partial charge in [0.1, 0.15) is 11.9 Å². The number of Topliss-reactive ketones (excluding diaryl/α,β-unsaturated/α-hetero) is 1. The van der Waals surface area contributed by atoms with E-state index in [1.165, 1.54) is 27.4 Å². The topological polar surface area (TPSA) is 94.1 Å². The number of carbonyl (C=O) groups excluding carboxylic acids is 2. The Morgan fingerprint density at radius 1 is 1.23 bits per heavy atom. The summed E-state index contributed by atoms with van der Waals surface area (Å²) >= 11 is 6.77. The van der Waals surface area contributed by atoms with E-state index in [-0.39, 0.29) is 29.5 Å². The summed E-state index contributed by atoms with van der Waals surface area (Å²) in [4.78, 5) is 26.1. The molecule has 1 heterocycles. The number of hydrogen-bond donors (Lipinski definition) is 2. The van der Waals surface area contributed by atoms with E-state index >= 15 is 0 Å². The number of aliphatic hydroxyl groups is 1. The van der Waals surface area contributed by atoms with Crippen molar-refractivity contribution in [3.63, 3.8) is 0 Å². The average Bonchev–Trinajstić information content (AvgIpc) is 3.16. The van der Waals surface area contributed by atoms with Crippen LogP contribution < -0.4 is 5.32 Å². The first-order chi connectivity index (χ1) is 12.4. The van der Waals surface area contributed by atoms with Gasteiger partial charge in [-0.2, -0.15) is 0 Å². The van der Waals surface area contributed by atoms with Crippen LogP contribution in [0.5, 0.6) is 0 Å². The van der Waals surface area contributed by atoms with Crippen molar-refractivity contribution in [2.45, 2.75) is 36.3 Å². The summed E-state index contributed by atoms with van der Waals surface area (Å²) in [7, 11) is 4.31. The molecule has 0 aromatic carbocycles. The molecule has 142 valence electrons. The fraction of sp³-hybridized carbons (Fsp3) is 0.667. The quantitative estimate of drug-likeness (QED) is 0.691. The van der Waals surface area contributed by atoms with Crippen molar-refractivity contribution in [1.29, 1.82) is 0 Å². The maximum Gasteiger partial charge on any atom is 0.201 e. The SMILES string of the molecule is COC1=CC(=O)[C@]2([C@@H](Cl)C[C@]34NCC[C@]23CC(=O)C(OC)=C4OC)[C@H]1O. The summed E-state index contributed by atoms with van der Waals surface area (Å²) in [5, 5.41) is 13.8. The first-order valence-electron chi connectivity index (χ1n) is 8.59. The Kier molecular flexibility index (Phi) is 3.75. The highest BCUT2D eigenvalue weighted by molar-refractivity contribution is 6.25. The molecule has 1 spiro atoms. The molecule has 4 aliphatic rings. The van der Waals surface area contributed by atoms with Gasteiger partial charge in [-0.25, -0.2) is 0 Å². The summed E-state index contributed by atoms with van der Waals surface area (Å²) in [6.45, 7) is 0.574. The zero-order valence-corrected chi connectivity index (χ0v) is 15.7. The Balaban J connectivity index is 2.00. The molecule has 0 aromatic heterocycles. The van der Waals surface area contributed by atoms with E-state index in [0.29, 0.717) is 25.1 Å². The van der Waals surface area contributed by atoms with Crippen LogP contribution in [0.15, 0.2) is 23.4 Å². The van der Waals surface area contributed by atoms with E-state index < -0.39 is 27.8 Å². The zero-order chi connectivity index (χ0) is 18.9. The molecule has 2 fully saturated rings. The summed E-state index contributed by atoms with van der Waals surface area (Å²) in [6, 6.07) is 0. The molecular formula is C18H22ClNO6. The van der Waals surface area contributed by atoms with Crippen LogP contribution in [0.3, 0.4) is 0 Å². The van der Waals surface area contributed by atoms with Crippen molar-refractivity contribution >= 4 is 23.2 Å². The molecule has 4 rings (SSSR count). The van der Waals surface area contributed by atoms with Gasteiger partial charge in [-0.15, -0.1) is 11.6 Å². The van der Waals surface area contributed by atoms with Crippen molar-refractivity contribution in [3.8, 4) is 0 Å². The molecule has 0 aromatic rings. The third kappa shape index (κ3) is 1.59. The van der Waals surface area contributed by atoms with Gasteiger partial charge >= 0.3 is 0 Å². The molecular weight excluding hydrogens is 362 g/mol. The lowest BCUT2D eigenvalue weighted by molar-refractivity contribution is -0.146. The number of alkyl halides is 1. The van der Waals surface area contributed by atoms with Crippen LogP contribution >= 0.6 is 11.6 Å². The molecule has 0 bridgehead atoms. The van der Waals surface area contributed by atoms with Crippen molar-refractivity contribution in [1.82, 2.24) is 5.32 Å². The van der Waals surface area contributed by atoms with Crippen LogP contribution in [-0.2, 0) is 23.8 Å². The van der Waals surface area contributed by atoms with Gasteiger partial charge in [0.05, 0.1) is 37.7 Å². The lowest BCUT2D eigenvalue weighted by atomic mass is 9.52. The number of hydrogen-bond acceptors (Lipinski definition) is 7. The van der Waals surface area contributed by atoms with E-state index in [1.807, 2.05) is 0 Å². The number of ether oxygens (including phenoxy) is 3. The molecule has 1 saturated carbocycles. The first-order valence-corrected chi connectivity index (χ1v) is 9.03. The smallest absolute Gasteiger partial charge is 0.201 e. The molecule has 1 saturated heterocycles. The van der Waals surface area contributed by atoms with Gasteiger partial charge in [0.15, 0.2) is 11.5 Å². The summed E-state index contributed by atoms with van der Waals surface area (Å²) in [5.74, 6) is 0.155. The van der Waals surface area contributed by atoms with Gasteiger partial charge in [-0.3, -0.25) is 9.59 Å². The second-order valence-corrected chi connectivity index (χ2v) is 7.92. The minimum absolute atomic E-state index is 0.0485. The van der Waals surface area contributed by atoms with E-state index in [2.05, 4.69) is 5.32 Å². The van der Waals surface area contributed by atoms with Crippen LogP contribution in [0.4, 0.5) is 0 Å². The summed E-state index contributed by atoms with van der Waals surface area (Å²) < 4.78 is 16.2. The maximum absolute atomic E-state index is 13.2. The highest BCUT2D eigenvalue weighted by Crippen LogP contribution is 2.72. The molecule has 7 nitrogen and oxygen atoms in total. The number of methoxy groups -OCH3 is 3. The van der Waals surface area contributed by atoms with Crippen LogP contribution in [0, 0.1) is 10.8 Å². The summed E-state index contributed by atoms with van der Waals surface area (Å²) in [6.07, 6.45) is 1.01. The number of carbonyl (C=O) groups is 2. The monoisotopic (exact) mass is 383 g/mol. The number of allylic oxidation sites excluding steroid dienone is 2. The van der Waals surface area contributed by atoms with Gasteiger partial charge in [0, 0.05) is 17.9 Å². The number of rotatable bonds is 3. The lowest BCUT2D eigenvalue weighted by Crippen LogP contribution is -2.63. The van der Waals surface area contributed by atoms with Gasteiger partial charge < -0.3 is 24.6 Å². The average molecular weight is 384 g/mol. The van der Waals surface area contributed by atoms with Gasteiger partial charge in [0.25, 0.3) is 0 Å². The van der Waals surface area contributed by atoms with Crippen molar-refractivity contribution < 1.29 is 28.9 Å². The maximum atomic E-state index is 13.2. The second kappa shape index (κ2) is 5.47. The Labute approximate surface area is 156 Å². The lowest BCUT2D eigenvalue weighted by Gasteiger charge is -2.51. The van der Waals surface area contributed by atoms with Gasteiger partial charge in [-0.1, -0.05) is 0 Å². The van der Waals surface area contributed by atoms with Gasteiger partial charge in [0.2, 0.25) is 11.5 Å². The van der Waals surface area contributed by atoms with E-state index in [4.69, 9.17) is 25.8 Å². The fourth-order valence-corrected chi connectivity index (χ4v) is 6.70. The zero-order valence-electron chi connectivity index (χ0n) is 14.9. The molecule has 3 aliphatic carbocycles. The number of aliphatic hydroxyl groups excluding tert-OH is 1. The predicted octanol–water partition coefficient (Wildman–Crippen LogP) is 0.653. The fourth-order valence-electron chi connectivity index (χ4n) is 6.03. The summed E-state index contributed by atoms with van der Waals surface area (Å²) in [5.41, 5.74) is -3.10. The van der Waals surface area contributed by atoms with Crippen LogP contribution in [0.1, 0.15) is 19.3 Å². The van der Waals surface area contributed by atoms with E-state index in [0.717, 1.165) is 0 Å². The van der Waals surface area contributed by atoms with Crippen LogP contribution in [0.25, 0.3) is 0 Å². The van der Waals surface area contributed by atoms with Crippen LogP contribution in [-0.4, -0.2) is 61.6 Å². The third-order valence-electron chi connectivity index (χ3n) is 6.90. The Morgan fingerprint density at radius 3 is 2.54 bits per heavy atom. The number of ketones is 2. The van der Waals surface area contributed by atoms with Gasteiger partial charge in [-0.05, 0) is 19.4 Å². The molecule has 5 atom stereocenters.